The third-order valence-electron chi connectivity index (χ3n) is 1.87. The van der Waals surface area contributed by atoms with E-state index in [1.807, 2.05) is 0 Å². The first-order valence-corrected chi connectivity index (χ1v) is 5.22. The molecule has 3 N–H and O–H groups in total. The first kappa shape index (κ1) is 10.4. The molecule has 16 heavy (non-hydrogen) atoms. The van der Waals surface area contributed by atoms with E-state index >= 15 is 0 Å². The van der Waals surface area contributed by atoms with Crippen molar-refractivity contribution in [2.24, 2.45) is 0 Å². The van der Waals surface area contributed by atoms with E-state index in [-0.39, 0.29) is 5.82 Å². The molecule has 0 aromatic carbocycles. The minimum absolute atomic E-state index is 0.239. The van der Waals surface area contributed by atoms with Gasteiger partial charge in [-0.3, -0.25) is 15.3 Å². The maximum absolute atomic E-state index is 10.4. The van der Waals surface area contributed by atoms with Crippen LogP contribution in [-0.4, -0.2) is 20.8 Å². The monoisotopic (exact) mass is 236 g/mol. The van der Waals surface area contributed by atoms with Gasteiger partial charge in [0, 0.05) is 23.8 Å². The number of carbonyl (C=O) groups is 1. The molecule has 0 unspecified atom stereocenters. The van der Waals surface area contributed by atoms with Gasteiger partial charge in [0.05, 0.1) is 5.69 Å². The number of nitrogens with zero attached hydrogens (tertiary/aromatic N) is 2. The molecule has 2 aromatic rings. The molecule has 1 amide bonds. The number of aromatic nitrogens is 2. The van der Waals surface area contributed by atoms with Gasteiger partial charge in [-0.1, -0.05) is 0 Å². The Labute approximate surface area is 94.3 Å². The van der Waals surface area contributed by atoms with Gasteiger partial charge in [0.15, 0.2) is 4.80 Å². The van der Waals surface area contributed by atoms with Crippen LogP contribution >= 0.6 is 11.3 Å². The van der Waals surface area contributed by atoms with E-state index in [2.05, 4.69) is 10.3 Å². The molecule has 2 aromatic heterocycles. The Morgan fingerprint density at radius 1 is 1.62 bits per heavy atom. The van der Waals surface area contributed by atoms with Crippen LogP contribution in [0, 0.1) is 5.41 Å². The van der Waals surface area contributed by atoms with Gasteiger partial charge in [0.2, 0.25) is 0 Å². The Balaban J connectivity index is 2.40. The Morgan fingerprint density at radius 2 is 2.44 bits per heavy atom. The van der Waals surface area contributed by atoms with E-state index < -0.39 is 6.09 Å². The smallest absolute Gasteiger partial charge is 0.410 e. The number of rotatable bonds is 2. The Kier molecular flexibility index (Phi) is 2.69. The number of hydrogen-bond acceptors (Lipinski definition) is 4. The van der Waals surface area contributed by atoms with Crippen molar-refractivity contribution >= 4 is 23.2 Å². The highest BCUT2D eigenvalue weighted by Crippen LogP contribution is 2.10. The summed E-state index contributed by atoms with van der Waals surface area (Å²) in [5.74, 6) is 0.239. The molecule has 0 spiro atoms. The topological polar surface area (TPSA) is 91.0 Å². The molecule has 7 heteroatoms. The average molecular weight is 236 g/mol. The Bertz CT molecular complexity index is 575. The lowest BCUT2D eigenvalue weighted by molar-refractivity contribution is 0.209. The summed E-state index contributed by atoms with van der Waals surface area (Å²) < 4.78 is 1.64. The summed E-state index contributed by atoms with van der Waals surface area (Å²) in [6, 6.07) is 3.27. The van der Waals surface area contributed by atoms with Crippen molar-refractivity contribution in [2.45, 2.75) is 0 Å². The second-order valence-electron chi connectivity index (χ2n) is 2.91. The van der Waals surface area contributed by atoms with Crippen molar-refractivity contribution in [3.05, 3.63) is 34.7 Å². The Morgan fingerprint density at radius 3 is 3.06 bits per heavy atom. The molecular formula is C9H8N4O2S. The van der Waals surface area contributed by atoms with Crippen molar-refractivity contribution in [1.29, 1.82) is 5.41 Å². The summed E-state index contributed by atoms with van der Waals surface area (Å²) >= 11 is 1.29. The van der Waals surface area contributed by atoms with E-state index in [1.54, 1.807) is 28.3 Å². The zero-order chi connectivity index (χ0) is 11.5. The maximum atomic E-state index is 10.4. The van der Waals surface area contributed by atoms with Gasteiger partial charge in [-0.2, -0.15) is 0 Å². The summed E-state index contributed by atoms with van der Waals surface area (Å²) in [6.45, 7) is 0. The van der Waals surface area contributed by atoms with Crippen LogP contribution in [0.5, 0.6) is 0 Å². The van der Waals surface area contributed by atoms with Crippen LogP contribution in [0.2, 0.25) is 0 Å². The van der Waals surface area contributed by atoms with Gasteiger partial charge in [-0.15, -0.1) is 11.3 Å². The van der Waals surface area contributed by atoms with Crippen LogP contribution in [0.4, 0.5) is 10.6 Å². The van der Waals surface area contributed by atoms with Crippen LogP contribution in [0.1, 0.15) is 0 Å². The lowest BCUT2D eigenvalue weighted by atomic mass is 10.4. The van der Waals surface area contributed by atoms with Gasteiger partial charge in [-0.05, 0) is 6.07 Å². The number of carboxylic acid groups (broad SMARTS) is 1. The fourth-order valence-corrected chi connectivity index (χ4v) is 1.82. The molecule has 0 bridgehead atoms. The molecule has 0 aliphatic heterocycles. The fraction of sp³-hybridized carbons (Fsp3) is 0. The molecule has 2 rings (SSSR count). The molecule has 6 nitrogen and oxygen atoms in total. The minimum atomic E-state index is -1.16. The molecule has 0 saturated heterocycles. The number of thiazole rings is 1. The van der Waals surface area contributed by atoms with Gasteiger partial charge < -0.3 is 5.11 Å². The number of amides is 1. The van der Waals surface area contributed by atoms with Crippen LogP contribution in [0.15, 0.2) is 29.9 Å². The molecule has 0 aliphatic carbocycles. The highest BCUT2D eigenvalue weighted by Gasteiger charge is 2.02. The van der Waals surface area contributed by atoms with E-state index in [0.717, 1.165) is 0 Å². The average Bonchev–Trinajstić information content (AvgIpc) is 2.64. The van der Waals surface area contributed by atoms with Gasteiger partial charge in [-0.25, -0.2) is 9.78 Å². The molecule has 0 fully saturated rings. The lowest BCUT2D eigenvalue weighted by Gasteiger charge is -2.04. The zero-order valence-electron chi connectivity index (χ0n) is 8.04. The molecule has 82 valence electrons. The van der Waals surface area contributed by atoms with Crippen LogP contribution < -0.4 is 10.1 Å². The van der Waals surface area contributed by atoms with Crippen molar-refractivity contribution in [2.75, 3.05) is 5.32 Å². The number of nitrogens with one attached hydrogen (secondary N) is 2. The number of pyridine rings is 1. The van der Waals surface area contributed by atoms with Crippen LogP contribution in [0.25, 0.3) is 5.69 Å². The number of anilines is 1. The van der Waals surface area contributed by atoms with Crippen molar-refractivity contribution in [3.8, 4) is 5.69 Å². The molecule has 0 saturated carbocycles. The van der Waals surface area contributed by atoms with E-state index in [9.17, 15) is 4.79 Å². The first-order valence-electron chi connectivity index (χ1n) is 4.34. The highest BCUT2D eigenvalue weighted by atomic mass is 32.1. The summed E-state index contributed by atoms with van der Waals surface area (Å²) in [5.41, 5.74) is 0.699. The number of hydrogen-bond donors (Lipinski definition) is 3. The quantitative estimate of drug-likeness (QED) is 0.738. The van der Waals surface area contributed by atoms with Crippen LogP contribution in [-0.2, 0) is 0 Å². The summed E-state index contributed by atoms with van der Waals surface area (Å²) in [6.07, 6.45) is 2.07. The predicted octanol–water partition coefficient (Wildman–Crippen LogP) is 1.50. The minimum Gasteiger partial charge on any atom is -0.465 e. The van der Waals surface area contributed by atoms with Crippen LogP contribution in [0.3, 0.4) is 0 Å². The predicted molar refractivity (Wildman–Crippen MR) is 58.9 cm³/mol. The lowest BCUT2D eigenvalue weighted by Crippen LogP contribution is -2.12. The molecular weight excluding hydrogens is 228 g/mol. The summed E-state index contributed by atoms with van der Waals surface area (Å²) in [7, 11) is 0. The third kappa shape index (κ3) is 2.09. The van der Waals surface area contributed by atoms with E-state index in [0.29, 0.717) is 10.5 Å². The molecule has 0 atom stereocenters. The largest absolute Gasteiger partial charge is 0.465 e. The third-order valence-corrected chi connectivity index (χ3v) is 2.54. The molecule has 0 aliphatic rings. The second kappa shape index (κ2) is 4.15. The maximum Gasteiger partial charge on any atom is 0.410 e. The van der Waals surface area contributed by atoms with Gasteiger partial charge >= 0.3 is 6.09 Å². The van der Waals surface area contributed by atoms with Crippen molar-refractivity contribution in [1.82, 2.24) is 9.55 Å². The summed E-state index contributed by atoms with van der Waals surface area (Å²) in [4.78, 5) is 14.7. The normalized spacial score (nSPS) is 10.0. The van der Waals surface area contributed by atoms with Crippen molar-refractivity contribution in [3.63, 3.8) is 0 Å². The standard InChI is InChI=1S/C9H8N4O2S/c10-8-13(3-4-16-8)6-1-2-11-7(5-6)12-9(14)15/h1-5,10H,(H,11,12)(H,14,15). The first-order chi connectivity index (χ1) is 7.66. The van der Waals surface area contributed by atoms with Crippen molar-refractivity contribution < 1.29 is 9.90 Å². The highest BCUT2D eigenvalue weighted by molar-refractivity contribution is 7.07. The molecule has 0 radical (unpaired) electrons. The second-order valence-corrected chi connectivity index (χ2v) is 3.80. The van der Waals surface area contributed by atoms with Gasteiger partial charge in [0.1, 0.15) is 5.82 Å². The summed E-state index contributed by atoms with van der Waals surface area (Å²) in [5, 5.41) is 20.1. The SMILES string of the molecule is N=c1sccn1-c1ccnc(NC(=O)O)c1. The Hall–Kier alpha value is -2.15. The fourth-order valence-electron chi connectivity index (χ4n) is 1.23. The van der Waals surface area contributed by atoms with E-state index in [1.165, 1.54) is 17.5 Å². The zero-order valence-corrected chi connectivity index (χ0v) is 8.86. The van der Waals surface area contributed by atoms with Gasteiger partial charge in [0.25, 0.3) is 0 Å². The molecule has 2 heterocycles. The van der Waals surface area contributed by atoms with E-state index in [4.69, 9.17) is 10.5 Å².